The van der Waals surface area contributed by atoms with Crippen LogP contribution >= 0.6 is 0 Å². The van der Waals surface area contributed by atoms with Crippen LogP contribution in [0.25, 0.3) is 0 Å². The molecular formula is C24H30N6. The second kappa shape index (κ2) is 7.94. The summed E-state index contributed by atoms with van der Waals surface area (Å²) in [6, 6.07) is 0. The van der Waals surface area contributed by atoms with E-state index in [-0.39, 0.29) is 0 Å². The van der Waals surface area contributed by atoms with Gasteiger partial charge in [-0.2, -0.15) is 0 Å². The lowest BCUT2D eigenvalue weighted by atomic mass is 9.84. The van der Waals surface area contributed by atoms with Crippen molar-refractivity contribution in [2.24, 2.45) is 21.1 Å². The molecule has 4 aromatic rings. The Morgan fingerprint density at radius 3 is 1.00 bits per heavy atom. The maximum absolute atomic E-state index is 4.58. The summed E-state index contributed by atoms with van der Waals surface area (Å²) >= 11 is 0. The highest BCUT2D eigenvalue weighted by molar-refractivity contribution is 5.53. The molecule has 0 atom stereocenters. The van der Waals surface area contributed by atoms with Gasteiger partial charge < -0.3 is 13.7 Å². The van der Waals surface area contributed by atoms with Crippen LogP contribution in [-0.4, -0.2) is 28.7 Å². The van der Waals surface area contributed by atoms with Crippen molar-refractivity contribution < 1.29 is 0 Å². The Balaban J connectivity index is 1.86. The minimum atomic E-state index is 0.822. The molecular weight excluding hydrogens is 372 g/mol. The Morgan fingerprint density at radius 2 is 0.800 bits per heavy atom. The number of hydrogen-bond donors (Lipinski definition) is 0. The highest BCUT2D eigenvalue weighted by Crippen LogP contribution is 2.31. The first-order chi connectivity index (χ1) is 14.4. The molecule has 156 valence electrons. The summed E-state index contributed by atoms with van der Waals surface area (Å²) in [5.41, 5.74) is 8.13. The largest absolute Gasteiger partial charge is 0.338 e. The Labute approximate surface area is 178 Å². The van der Waals surface area contributed by atoms with Crippen LogP contribution in [0.5, 0.6) is 0 Å². The van der Waals surface area contributed by atoms with Crippen LogP contribution in [0, 0.1) is 20.8 Å². The Morgan fingerprint density at radius 1 is 0.533 bits per heavy atom. The van der Waals surface area contributed by atoms with Crippen molar-refractivity contribution in [3.05, 3.63) is 88.0 Å². The molecule has 6 heteroatoms. The lowest BCUT2D eigenvalue weighted by molar-refractivity contribution is 0.793. The topological polar surface area (TPSA) is 53.5 Å². The molecule has 0 unspecified atom stereocenters. The van der Waals surface area contributed by atoms with E-state index in [0.717, 1.165) is 36.7 Å². The fraction of sp³-hybridized carbons (Fsp3) is 0.375. The summed E-state index contributed by atoms with van der Waals surface area (Å²) in [4.78, 5) is 13.8. The van der Waals surface area contributed by atoms with Gasteiger partial charge in [-0.25, -0.2) is 15.0 Å². The summed E-state index contributed by atoms with van der Waals surface area (Å²) < 4.78 is 6.32. The predicted molar refractivity (Wildman–Crippen MR) is 119 cm³/mol. The van der Waals surface area contributed by atoms with Gasteiger partial charge in [0.2, 0.25) is 0 Å². The summed E-state index contributed by atoms with van der Waals surface area (Å²) in [7, 11) is 6.18. The molecule has 0 radical (unpaired) electrons. The zero-order valence-electron chi connectivity index (χ0n) is 18.8. The average Bonchev–Trinajstić information content (AvgIpc) is 3.42. The summed E-state index contributed by atoms with van der Waals surface area (Å²) in [6.45, 7) is 6.75. The van der Waals surface area contributed by atoms with Crippen molar-refractivity contribution in [2.45, 2.75) is 40.0 Å². The van der Waals surface area contributed by atoms with E-state index in [2.05, 4.69) is 70.6 Å². The molecule has 0 amide bonds. The molecule has 6 nitrogen and oxygen atoms in total. The van der Waals surface area contributed by atoms with Crippen molar-refractivity contribution in [3.8, 4) is 0 Å². The van der Waals surface area contributed by atoms with E-state index >= 15 is 0 Å². The van der Waals surface area contributed by atoms with E-state index in [4.69, 9.17) is 0 Å². The Bertz CT molecular complexity index is 1020. The zero-order chi connectivity index (χ0) is 21.4. The highest BCUT2D eigenvalue weighted by atomic mass is 15.0. The van der Waals surface area contributed by atoms with Crippen molar-refractivity contribution in [3.63, 3.8) is 0 Å². The van der Waals surface area contributed by atoms with Gasteiger partial charge in [-0.1, -0.05) is 0 Å². The quantitative estimate of drug-likeness (QED) is 0.495. The van der Waals surface area contributed by atoms with Crippen molar-refractivity contribution in [2.75, 3.05) is 0 Å². The average molecular weight is 403 g/mol. The minimum Gasteiger partial charge on any atom is -0.338 e. The Kier molecular flexibility index (Phi) is 5.33. The third kappa shape index (κ3) is 3.58. The van der Waals surface area contributed by atoms with Crippen LogP contribution < -0.4 is 0 Å². The lowest BCUT2D eigenvalue weighted by Crippen LogP contribution is -2.13. The number of rotatable bonds is 6. The van der Waals surface area contributed by atoms with Crippen LogP contribution in [0.2, 0.25) is 0 Å². The van der Waals surface area contributed by atoms with Crippen LogP contribution in [0.4, 0.5) is 0 Å². The second-order valence-corrected chi connectivity index (χ2v) is 8.20. The molecule has 1 aromatic carbocycles. The molecule has 3 aromatic heterocycles. The van der Waals surface area contributed by atoms with Crippen LogP contribution in [0.3, 0.4) is 0 Å². The minimum absolute atomic E-state index is 0.822. The fourth-order valence-corrected chi connectivity index (χ4v) is 4.36. The van der Waals surface area contributed by atoms with Gasteiger partial charge in [0.15, 0.2) is 0 Å². The van der Waals surface area contributed by atoms with E-state index < -0.39 is 0 Å². The molecule has 0 saturated heterocycles. The number of imidazole rings is 3. The molecule has 0 aliphatic rings. The van der Waals surface area contributed by atoms with Gasteiger partial charge in [-0.05, 0) is 54.2 Å². The number of nitrogens with zero attached hydrogens (tertiary/aromatic N) is 6. The van der Waals surface area contributed by atoms with E-state index in [9.17, 15) is 0 Å². The van der Waals surface area contributed by atoms with Crippen LogP contribution in [0.1, 0.15) is 50.9 Å². The van der Waals surface area contributed by atoms with Gasteiger partial charge in [0.25, 0.3) is 0 Å². The number of hydrogen-bond acceptors (Lipinski definition) is 3. The van der Waals surface area contributed by atoms with E-state index in [1.807, 2.05) is 37.2 Å². The van der Waals surface area contributed by atoms with Gasteiger partial charge in [-0.15, -0.1) is 0 Å². The van der Waals surface area contributed by atoms with Gasteiger partial charge in [-0.3, -0.25) is 0 Å². The maximum Gasteiger partial charge on any atom is 0.112 e. The second-order valence-electron chi connectivity index (χ2n) is 8.20. The van der Waals surface area contributed by atoms with Gasteiger partial charge in [0.1, 0.15) is 17.5 Å². The van der Waals surface area contributed by atoms with Crippen molar-refractivity contribution in [1.82, 2.24) is 28.7 Å². The zero-order valence-corrected chi connectivity index (χ0v) is 18.8. The number of aryl methyl sites for hydroxylation is 3. The predicted octanol–water partition coefficient (Wildman–Crippen LogP) is 3.58. The summed E-state index contributed by atoms with van der Waals surface area (Å²) in [5.74, 6) is 3.24. The van der Waals surface area contributed by atoms with Crippen LogP contribution in [0.15, 0.2) is 37.2 Å². The SMILES string of the molecule is Cc1c(Cc2nccn2C)c(C)c(Cc2nccn2C)c(C)c1Cc1nccn1C. The van der Waals surface area contributed by atoms with Crippen molar-refractivity contribution in [1.29, 1.82) is 0 Å². The third-order valence-electron chi connectivity index (χ3n) is 6.48. The molecule has 4 rings (SSSR count). The van der Waals surface area contributed by atoms with Gasteiger partial charge in [0, 0.05) is 77.6 Å². The first kappa shape index (κ1) is 20.1. The van der Waals surface area contributed by atoms with Crippen LogP contribution in [-0.2, 0) is 40.4 Å². The number of benzene rings is 1. The first-order valence-electron chi connectivity index (χ1n) is 10.4. The molecule has 0 aliphatic heterocycles. The smallest absolute Gasteiger partial charge is 0.112 e. The lowest BCUT2D eigenvalue weighted by Gasteiger charge is -2.22. The highest BCUT2D eigenvalue weighted by Gasteiger charge is 2.20. The summed E-state index contributed by atoms with van der Waals surface area (Å²) in [6.07, 6.45) is 14.1. The van der Waals surface area contributed by atoms with E-state index in [0.29, 0.717) is 0 Å². The molecule has 0 aliphatic carbocycles. The van der Waals surface area contributed by atoms with Gasteiger partial charge >= 0.3 is 0 Å². The molecule has 0 bridgehead atoms. The van der Waals surface area contributed by atoms with Gasteiger partial charge in [0.05, 0.1) is 0 Å². The molecule has 3 heterocycles. The molecule has 0 saturated carbocycles. The first-order valence-corrected chi connectivity index (χ1v) is 10.4. The summed E-state index contributed by atoms with van der Waals surface area (Å²) in [5, 5.41) is 0. The molecule has 0 fully saturated rings. The standard InChI is InChI=1S/C24H30N6/c1-16-19(13-22-25-7-10-28(22)4)17(2)21(15-24-27-9-12-30(24)6)18(3)20(16)14-23-26-8-11-29(23)5/h7-12H,13-15H2,1-6H3. The number of aromatic nitrogens is 6. The monoisotopic (exact) mass is 402 g/mol. The fourth-order valence-electron chi connectivity index (χ4n) is 4.36. The normalized spacial score (nSPS) is 11.4. The molecule has 30 heavy (non-hydrogen) atoms. The third-order valence-corrected chi connectivity index (χ3v) is 6.48. The van der Waals surface area contributed by atoms with E-state index in [1.165, 1.54) is 33.4 Å². The molecule has 0 spiro atoms. The Hall–Kier alpha value is -3.15. The maximum atomic E-state index is 4.58. The molecule has 0 N–H and O–H groups in total. The van der Waals surface area contributed by atoms with Crippen molar-refractivity contribution >= 4 is 0 Å². The van der Waals surface area contributed by atoms with E-state index in [1.54, 1.807) is 0 Å².